The maximum Gasteiger partial charge on any atom is 0.316 e. The number of fused-ring (bicyclic) bond motifs is 3. The first kappa shape index (κ1) is 18.3. The van der Waals surface area contributed by atoms with E-state index < -0.39 is 0 Å². The molecule has 6 heteroatoms. The van der Waals surface area contributed by atoms with Gasteiger partial charge < -0.3 is 4.74 Å². The number of aryl methyl sites for hydroxylation is 3. The standard InChI is InChI=1S/C21H25N3O2S/c1-13-9-10-14(2)19-17(13)11-15(3)20-22-23-21(24(19)20)27-12-18(25)26-16-7-5-4-6-8-16/h9-11,16H,4-8,12H2,1-3H3. The van der Waals surface area contributed by atoms with Crippen LogP contribution in [-0.2, 0) is 9.53 Å². The minimum Gasteiger partial charge on any atom is -0.462 e. The van der Waals surface area contributed by atoms with Crippen molar-refractivity contribution in [1.82, 2.24) is 14.6 Å². The molecular weight excluding hydrogens is 358 g/mol. The van der Waals surface area contributed by atoms with Crippen molar-refractivity contribution >= 4 is 34.3 Å². The van der Waals surface area contributed by atoms with Gasteiger partial charge in [-0.1, -0.05) is 30.3 Å². The van der Waals surface area contributed by atoms with Crippen molar-refractivity contribution in [2.75, 3.05) is 5.75 Å². The first-order valence-electron chi connectivity index (χ1n) is 9.61. The van der Waals surface area contributed by atoms with Gasteiger partial charge in [0.15, 0.2) is 10.8 Å². The Bertz CT molecular complexity index is 1010. The Balaban J connectivity index is 1.62. The van der Waals surface area contributed by atoms with Crippen LogP contribution in [0.1, 0.15) is 48.8 Å². The van der Waals surface area contributed by atoms with Crippen LogP contribution in [0.25, 0.3) is 16.6 Å². The number of hydrogen-bond donors (Lipinski definition) is 0. The average molecular weight is 384 g/mol. The van der Waals surface area contributed by atoms with Crippen LogP contribution >= 0.6 is 11.8 Å². The molecule has 2 heterocycles. The van der Waals surface area contributed by atoms with E-state index in [0.29, 0.717) is 0 Å². The molecule has 0 N–H and O–H groups in total. The summed E-state index contributed by atoms with van der Waals surface area (Å²) in [5.41, 5.74) is 5.44. The van der Waals surface area contributed by atoms with Crippen molar-refractivity contribution in [2.24, 2.45) is 0 Å². The summed E-state index contributed by atoms with van der Waals surface area (Å²) in [6.07, 6.45) is 5.64. The number of carbonyl (C=O) groups is 1. The van der Waals surface area contributed by atoms with E-state index in [9.17, 15) is 4.79 Å². The van der Waals surface area contributed by atoms with Crippen LogP contribution in [0.15, 0.2) is 23.4 Å². The number of pyridine rings is 1. The van der Waals surface area contributed by atoms with Crippen LogP contribution in [0, 0.1) is 20.8 Å². The van der Waals surface area contributed by atoms with Crippen LogP contribution in [0.4, 0.5) is 0 Å². The summed E-state index contributed by atoms with van der Waals surface area (Å²) in [7, 11) is 0. The van der Waals surface area contributed by atoms with Crippen LogP contribution in [0.2, 0.25) is 0 Å². The van der Waals surface area contributed by atoms with Crippen molar-refractivity contribution in [3.05, 3.63) is 34.9 Å². The molecule has 1 fully saturated rings. The van der Waals surface area contributed by atoms with Crippen molar-refractivity contribution < 1.29 is 9.53 Å². The number of ether oxygens (including phenoxy) is 1. The van der Waals surface area contributed by atoms with E-state index in [1.54, 1.807) is 0 Å². The van der Waals surface area contributed by atoms with Gasteiger partial charge in [0.1, 0.15) is 6.10 Å². The fourth-order valence-electron chi connectivity index (χ4n) is 3.92. The van der Waals surface area contributed by atoms with Crippen molar-refractivity contribution in [3.8, 4) is 0 Å². The zero-order valence-electron chi connectivity index (χ0n) is 16.1. The zero-order chi connectivity index (χ0) is 19.0. The monoisotopic (exact) mass is 383 g/mol. The Morgan fingerprint density at radius 2 is 1.85 bits per heavy atom. The highest BCUT2D eigenvalue weighted by atomic mass is 32.2. The van der Waals surface area contributed by atoms with E-state index in [4.69, 9.17) is 4.74 Å². The fourth-order valence-corrected chi connectivity index (χ4v) is 4.65. The van der Waals surface area contributed by atoms with Crippen LogP contribution in [-0.4, -0.2) is 32.4 Å². The molecule has 1 aliphatic carbocycles. The number of benzene rings is 1. The van der Waals surface area contributed by atoms with E-state index in [-0.39, 0.29) is 17.8 Å². The maximum atomic E-state index is 12.3. The number of aromatic nitrogens is 3. The second kappa shape index (κ2) is 7.50. The van der Waals surface area contributed by atoms with Gasteiger partial charge in [-0.3, -0.25) is 9.20 Å². The smallest absolute Gasteiger partial charge is 0.316 e. The highest BCUT2D eigenvalue weighted by Gasteiger charge is 2.20. The van der Waals surface area contributed by atoms with E-state index in [1.165, 1.54) is 34.7 Å². The summed E-state index contributed by atoms with van der Waals surface area (Å²) in [6.45, 7) is 6.27. The van der Waals surface area contributed by atoms with Gasteiger partial charge in [-0.2, -0.15) is 0 Å². The molecule has 0 aliphatic heterocycles. The predicted octanol–water partition coefficient (Wildman–Crippen LogP) is 4.78. The molecule has 1 aliphatic rings. The van der Waals surface area contributed by atoms with Gasteiger partial charge in [0.05, 0.1) is 11.3 Å². The summed E-state index contributed by atoms with van der Waals surface area (Å²) in [4.78, 5) is 12.3. The Morgan fingerprint density at radius 3 is 2.63 bits per heavy atom. The minimum absolute atomic E-state index is 0.0926. The number of hydrogen-bond acceptors (Lipinski definition) is 5. The number of esters is 1. The van der Waals surface area contributed by atoms with Gasteiger partial charge in [0.25, 0.3) is 0 Å². The van der Waals surface area contributed by atoms with Crippen LogP contribution < -0.4 is 0 Å². The predicted molar refractivity (Wildman–Crippen MR) is 108 cm³/mol. The SMILES string of the molecule is Cc1ccc(C)c2c1cc(C)c1nnc(SCC(=O)OC3CCCCC3)n12. The molecule has 27 heavy (non-hydrogen) atoms. The number of thioether (sulfide) groups is 1. The molecule has 3 aromatic rings. The molecule has 0 atom stereocenters. The summed E-state index contributed by atoms with van der Waals surface area (Å²) in [5.74, 6) is 0.103. The third-order valence-corrected chi connectivity index (χ3v) is 6.28. The number of carbonyl (C=O) groups excluding carboxylic acids is 1. The zero-order valence-corrected chi connectivity index (χ0v) is 16.9. The largest absolute Gasteiger partial charge is 0.462 e. The summed E-state index contributed by atoms with van der Waals surface area (Å²) < 4.78 is 7.73. The van der Waals surface area contributed by atoms with E-state index in [0.717, 1.165) is 47.6 Å². The Morgan fingerprint density at radius 1 is 1.11 bits per heavy atom. The second-order valence-corrected chi connectivity index (χ2v) is 8.41. The second-order valence-electron chi connectivity index (χ2n) is 7.47. The Labute approximate surface area is 163 Å². The third kappa shape index (κ3) is 3.55. The fraction of sp³-hybridized carbons (Fsp3) is 0.476. The lowest BCUT2D eigenvalue weighted by Gasteiger charge is -2.21. The summed E-state index contributed by atoms with van der Waals surface area (Å²) >= 11 is 1.41. The van der Waals surface area contributed by atoms with Crippen molar-refractivity contribution in [2.45, 2.75) is 64.1 Å². The first-order chi connectivity index (χ1) is 13.0. The molecule has 4 rings (SSSR count). The van der Waals surface area contributed by atoms with E-state index in [1.807, 2.05) is 0 Å². The number of rotatable bonds is 4. The van der Waals surface area contributed by atoms with Crippen LogP contribution in [0.3, 0.4) is 0 Å². The topological polar surface area (TPSA) is 56.5 Å². The summed E-state index contributed by atoms with van der Waals surface area (Å²) in [6, 6.07) is 6.44. The maximum absolute atomic E-state index is 12.3. The van der Waals surface area contributed by atoms with E-state index >= 15 is 0 Å². The first-order valence-corrected chi connectivity index (χ1v) is 10.6. The lowest BCUT2D eigenvalue weighted by molar-refractivity contribution is -0.147. The molecule has 0 saturated heterocycles. The molecular formula is C21H25N3O2S. The van der Waals surface area contributed by atoms with Gasteiger partial charge in [0, 0.05) is 5.39 Å². The Hall–Kier alpha value is -2.08. The molecule has 1 aromatic carbocycles. The Kier molecular flexibility index (Phi) is 5.08. The van der Waals surface area contributed by atoms with Gasteiger partial charge in [-0.15, -0.1) is 10.2 Å². The molecule has 2 aromatic heterocycles. The molecule has 0 spiro atoms. The highest BCUT2D eigenvalue weighted by Crippen LogP contribution is 2.30. The molecule has 0 unspecified atom stereocenters. The lowest BCUT2D eigenvalue weighted by Crippen LogP contribution is -2.22. The molecule has 0 radical (unpaired) electrons. The normalized spacial score (nSPS) is 15.5. The molecule has 5 nitrogen and oxygen atoms in total. The molecule has 1 saturated carbocycles. The average Bonchev–Trinajstić information content (AvgIpc) is 3.09. The quantitative estimate of drug-likeness (QED) is 0.479. The van der Waals surface area contributed by atoms with Gasteiger partial charge in [-0.05, 0) is 69.2 Å². The van der Waals surface area contributed by atoms with Gasteiger partial charge in [0.2, 0.25) is 0 Å². The van der Waals surface area contributed by atoms with Crippen molar-refractivity contribution in [3.63, 3.8) is 0 Å². The van der Waals surface area contributed by atoms with E-state index in [2.05, 4.69) is 53.6 Å². The highest BCUT2D eigenvalue weighted by molar-refractivity contribution is 7.99. The molecule has 0 bridgehead atoms. The summed E-state index contributed by atoms with van der Waals surface area (Å²) in [5, 5.41) is 10.7. The minimum atomic E-state index is -0.159. The molecule has 142 valence electrons. The van der Waals surface area contributed by atoms with Crippen molar-refractivity contribution in [1.29, 1.82) is 0 Å². The lowest BCUT2D eigenvalue weighted by atomic mass is 9.98. The van der Waals surface area contributed by atoms with Gasteiger partial charge in [-0.25, -0.2) is 0 Å². The third-order valence-electron chi connectivity index (χ3n) is 5.38. The molecule has 0 amide bonds. The van der Waals surface area contributed by atoms with Crippen LogP contribution in [0.5, 0.6) is 0 Å². The van der Waals surface area contributed by atoms with Gasteiger partial charge >= 0.3 is 5.97 Å². The number of nitrogens with zero attached hydrogens (tertiary/aromatic N) is 3.